The Hall–Kier alpha value is -1.56. The van der Waals surface area contributed by atoms with Crippen molar-refractivity contribution in [1.82, 2.24) is 10.2 Å². The molecule has 1 heterocycles. The minimum absolute atomic E-state index is 0.0692. The summed E-state index contributed by atoms with van der Waals surface area (Å²) >= 11 is 3.44. The van der Waals surface area contributed by atoms with Crippen LogP contribution in [0.15, 0.2) is 22.7 Å². The van der Waals surface area contributed by atoms with Gasteiger partial charge in [0.05, 0.1) is 11.6 Å². The van der Waals surface area contributed by atoms with Crippen molar-refractivity contribution in [2.75, 3.05) is 13.7 Å². The largest absolute Gasteiger partial charge is 0.496 e. The fourth-order valence-corrected chi connectivity index (χ4v) is 2.97. The summed E-state index contributed by atoms with van der Waals surface area (Å²) < 4.78 is 6.04. The van der Waals surface area contributed by atoms with Gasteiger partial charge in [0, 0.05) is 19.5 Å². The number of ether oxygens (including phenoxy) is 1. The number of rotatable bonds is 3. The number of carbonyl (C=O) groups excluding carboxylic acids is 2. The van der Waals surface area contributed by atoms with Gasteiger partial charge in [0.1, 0.15) is 11.3 Å². The van der Waals surface area contributed by atoms with E-state index >= 15 is 0 Å². The molecule has 5 nitrogen and oxygen atoms in total. The molecular formula is C15H19BrN2O3. The minimum atomic E-state index is -0.864. The van der Waals surface area contributed by atoms with Gasteiger partial charge in [-0.05, 0) is 47.5 Å². The van der Waals surface area contributed by atoms with Crippen LogP contribution >= 0.6 is 15.9 Å². The van der Waals surface area contributed by atoms with Gasteiger partial charge in [-0.15, -0.1) is 0 Å². The number of nitrogens with one attached hydrogen (secondary N) is 1. The molecule has 114 valence electrons. The molecule has 2 rings (SSSR count). The van der Waals surface area contributed by atoms with Crippen LogP contribution in [-0.4, -0.2) is 35.9 Å². The number of carbonyl (C=O) groups is 2. The Morgan fingerprint density at radius 3 is 2.71 bits per heavy atom. The number of benzene rings is 1. The zero-order chi connectivity index (χ0) is 15.6. The van der Waals surface area contributed by atoms with Crippen molar-refractivity contribution in [3.63, 3.8) is 0 Å². The maximum absolute atomic E-state index is 12.5. The number of methoxy groups -OCH3 is 1. The van der Waals surface area contributed by atoms with Crippen LogP contribution in [0.2, 0.25) is 0 Å². The van der Waals surface area contributed by atoms with E-state index in [-0.39, 0.29) is 11.8 Å². The molecule has 1 aromatic carbocycles. The second-order valence-corrected chi connectivity index (χ2v) is 6.47. The first-order valence-corrected chi connectivity index (χ1v) is 7.55. The van der Waals surface area contributed by atoms with Gasteiger partial charge in [0.25, 0.3) is 0 Å². The Kier molecular flexibility index (Phi) is 4.56. The summed E-state index contributed by atoms with van der Waals surface area (Å²) in [5.41, 5.74) is 0.123. The molecule has 0 aromatic heterocycles. The molecular weight excluding hydrogens is 336 g/mol. The zero-order valence-electron chi connectivity index (χ0n) is 12.4. The van der Waals surface area contributed by atoms with Crippen LogP contribution in [0.4, 0.5) is 0 Å². The fraction of sp³-hybridized carbons (Fsp3) is 0.467. The molecule has 0 radical (unpaired) electrons. The third-order valence-electron chi connectivity index (χ3n) is 3.47. The molecule has 0 aliphatic carbocycles. The topological polar surface area (TPSA) is 58.6 Å². The summed E-state index contributed by atoms with van der Waals surface area (Å²) in [7, 11) is 1.61. The molecule has 0 bridgehead atoms. The molecule has 1 aromatic rings. The number of nitrogens with zero attached hydrogens (tertiary/aromatic N) is 1. The Bertz CT molecular complexity index is 572. The summed E-state index contributed by atoms with van der Waals surface area (Å²) in [6, 6.07) is 5.71. The van der Waals surface area contributed by atoms with E-state index in [2.05, 4.69) is 21.2 Å². The molecule has 0 atom stereocenters. The van der Waals surface area contributed by atoms with Crippen molar-refractivity contribution < 1.29 is 14.3 Å². The second-order valence-electron chi connectivity index (χ2n) is 5.62. The third-order valence-corrected chi connectivity index (χ3v) is 4.09. The van der Waals surface area contributed by atoms with Crippen molar-refractivity contribution in [3.8, 4) is 5.75 Å². The molecule has 1 fully saturated rings. The molecule has 1 aliphatic rings. The van der Waals surface area contributed by atoms with E-state index in [9.17, 15) is 9.59 Å². The number of hydrogen-bond acceptors (Lipinski definition) is 3. The van der Waals surface area contributed by atoms with E-state index in [1.807, 2.05) is 18.2 Å². The second kappa shape index (κ2) is 6.05. The van der Waals surface area contributed by atoms with Crippen LogP contribution in [0, 0.1) is 0 Å². The summed E-state index contributed by atoms with van der Waals surface area (Å²) in [6.07, 6.45) is 0.326. The van der Waals surface area contributed by atoms with Crippen LogP contribution in [0.25, 0.3) is 0 Å². The first-order valence-electron chi connectivity index (χ1n) is 6.76. The molecule has 21 heavy (non-hydrogen) atoms. The lowest BCUT2D eigenvalue weighted by molar-refractivity contribution is -0.137. The molecule has 0 spiro atoms. The van der Waals surface area contributed by atoms with Gasteiger partial charge in [0.2, 0.25) is 11.8 Å². The molecule has 2 amide bonds. The zero-order valence-corrected chi connectivity index (χ0v) is 14.0. The van der Waals surface area contributed by atoms with Crippen molar-refractivity contribution >= 4 is 27.7 Å². The highest BCUT2D eigenvalue weighted by atomic mass is 79.9. The highest BCUT2D eigenvalue weighted by molar-refractivity contribution is 9.10. The van der Waals surface area contributed by atoms with E-state index < -0.39 is 5.54 Å². The average molecular weight is 355 g/mol. The summed E-state index contributed by atoms with van der Waals surface area (Å²) in [6.45, 7) is 4.36. The lowest BCUT2D eigenvalue weighted by Gasteiger charge is -2.29. The standard InChI is InChI=1S/C15H19BrN2O3/c1-15(2)14(20)18(7-6-13(19)17-15)9-10-4-5-12(21-3)11(16)8-10/h4-5,8H,6-7,9H2,1-3H3,(H,17,19). The Balaban J connectivity index is 2.19. The molecule has 0 unspecified atom stereocenters. The summed E-state index contributed by atoms with van der Waals surface area (Å²) in [5, 5.41) is 2.75. The van der Waals surface area contributed by atoms with Gasteiger partial charge in [-0.3, -0.25) is 9.59 Å². The summed E-state index contributed by atoms with van der Waals surface area (Å²) in [5.74, 6) is 0.588. The molecule has 6 heteroatoms. The first kappa shape index (κ1) is 15.8. The smallest absolute Gasteiger partial charge is 0.248 e. The minimum Gasteiger partial charge on any atom is -0.496 e. The quantitative estimate of drug-likeness (QED) is 0.903. The maximum atomic E-state index is 12.5. The lowest BCUT2D eigenvalue weighted by Crippen LogP contribution is -2.52. The molecule has 0 saturated carbocycles. The van der Waals surface area contributed by atoms with E-state index in [1.165, 1.54) is 0 Å². The highest BCUT2D eigenvalue weighted by Crippen LogP contribution is 2.26. The van der Waals surface area contributed by atoms with Crippen molar-refractivity contribution in [2.24, 2.45) is 0 Å². The number of amides is 2. The van der Waals surface area contributed by atoms with Crippen molar-refractivity contribution in [1.29, 1.82) is 0 Å². The molecule has 1 saturated heterocycles. The highest BCUT2D eigenvalue weighted by Gasteiger charge is 2.36. The number of hydrogen-bond donors (Lipinski definition) is 1. The van der Waals surface area contributed by atoms with E-state index in [0.717, 1.165) is 15.8 Å². The van der Waals surface area contributed by atoms with Gasteiger partial charge < -0.3 is 15.0 Å². The Labute approximate surface area is 132 Å². The van der Waals surface area contributed by atoms with Crippen molar-refractivity contribution in [2.45, 2.75) is 32.4 Å². The third kappa shape index (κ3) is 3.56. The van der Waals surface area contributed by atoms with Gasteiger partial charge in [-0.2, -0.15) is 0 Å². The van der Waals surface area contributed by atoms with E-state index in [0.29, 0.717) is 19.5 Å². The maximum Gasteiger partial charge on any atom is 0.248 e. The van der Waals surface area contributed by atoms with Gasteiger partial charge in [0.15, 0.2) is 0 Å². The van der Waals surface area contributed by atoms with Crippen LogP contribution in [0.3, 0.4) is 0 Å². The SMILES string of the molecule is COc1ccc(CN2CCC(=O)NC(C)(C)C2=O)cc1Br. The van der Waals surface area contributed by atoms with Gasteiger partial charge in [-0.25, -0.2) is 0 Å². The Morgan fingerprint density at radius 1 is 1.38 bits per heavy atom. The number of halogens is 1. The van der Waals surface area contributed by atoms with Crippen LogP contribution < -0.4 is 10.1 Å². The van der Waals surface area contributed by atoms with Crippen molar-refractivity contribution in [3.05, 3.63) is 28.2 Å². The van der Waals surface area contributed by atoms with Gasteiger partial charge in [-0.1, -0.05) is 6.07 Å². The van der Waals surface area contributed by atoms with E-state index in [4.69, 9.17) is 4.74 Å². The van der Waals surface area contributed by atoms with Crippen LogP contribution in [0.1, 0.15) is 25.8 Å². The summed E-state index contributed by atoms with van der Waals surface area (Å²) in [4.78, 5) is 25.9. The predicted molar refractivity (Wildman–Crippen MR) is 82.9 cm³/mol. The van der Waals surface area contributed by atoms with Crippen LogP contribution in [0.5, 0.6) is 5.75 Å². The molecule has 1 N–H and O–H groups in total. The fourth-order valence-electron chi connectivity index (χ4n) is 2.38. The molecule has 1 aliphatic heterocycles. The first-order chi connectivity index (χ1) is 9.83. The van der Waals surface area contributed by atoms with E-state index in [1.54, 1.807) is 25.9 Å². The van der Waals surface area contributed by atoms with Gasteiger partial charge >= 0.3 is 0 Å². The predicted octanol–water partition coefficient (Wildman–Crippen LogP) is 2.08. The normalized spacial score (nSPS) is 18.2. The monoisotopic (exact) mass is 354 g/mol. The Morgan fingerprint density at radius 2 is 2.10 bits per heavy atom. The lowest BCUT2D eigenvalue weighted by atomic mass is 10.0. The van der Waals surface area contributed by atoms with Crippen LogP contribution in [-0.2, 0) is 16.1 Å². The average Bonchev–Trinajstić information content (AvgIpc) is 2.50.